The van der Waals surface area contributed by atoms with Crippen molar-refractivity contribution in [3.63, 3.8) is 0 Å². The number of methoxy groups -OCH3 is 1. The van der Waals surface area contributed by atoms with E-state index in [2.05, 4.69) is 69.7 Å². The minimum atomic E-state index is 0.167. The largest absolute Gasteiger partial charge is 0.383 e. The Labute approximate surface area is 252 Å². The van der Waals surface area contributed by atoms with Gasteiger partial charge in [-0.25, -0.2) is 9.97 Å². The Morgan fingerprint density at radius 2 is 1.71 bits per heavy atom. The van der Waals surface area contributed by atoms with E-state index in [9.17, 15) is 0 Å². The van der Waals surface area contributed by atoms with E-state index in [0.29, 0.717) is 16.0 Å². The van der Waals surface area contributed by atoms with Gasteiger partial charge in [-0.3, -0.25) is 4.90 Å². The first-order chi connectivity index (χ1) is 20.1. The average molecular weight is 589 g/mol. The number of rotatable bonds is 9. The molecule has 1 fully saturated rings. The number of halogens is 2. The van der Waals surface area contributed by atoms with Crippen LogP contribution in [-0.2, 0) is 17.6 Å². The maximum Gasteiger partial charge on any atom is 0.227 e. The molecule has 0 saturated carbocycles. The molecule has 1 aliphatic carbocycles. The van der Waals surface area contributed by atoms with Crippen LogP contribution in [0.1, 0.15) is 28.2 Å². The number of nitrogens with one attached hydrogen (secondary N) is 1. The molecule has 3 aromatic carbocycles. The van der Waals surface area contributed by atoms with Gasteiger partial charge in [-0.2, -0.15) is 0 Å². The Morgan fingerprint density at radius 3 is 2.51 bits per heavy atom. The second kappa shape index (κ2) is 12.9. The number of hydrogen-bond acceptors (Lipinski definition) is 6. The second-order valence-electron chi connectivity index (χ2n) is 10.8. The molecule has 1 aliphatic heterocycles. The molecule has 41 heavy (non-hydrogen) atoms. The van der Waals surface area contributed by atoms with Crippen LogP contribution in [-0.4, -0.2) is 72.8 Å². The lowest BCUT2D eigenvalue weighted by atomic mass is 9.78. The van der Waals surface area contributed by atoms with E-state index in [4.69, 9.17) is 37.9 Å². The summed E-state index contributed by atoms with van der Waals surface area (Å²) in [6, 6.07) is 23.0. The molecule has 1 N–H and O–H groups in total. The topological polar surface area (TPSA) is 53.5 Å². The van der Waals surface area contributed by atoms with Crippen LogP contribution in [0.3, 0.4) is 0 Å². The Kier molecular flexibility index (Phi) is 8.84. The van der Waals surface area contributed by atoms with Crippen molar-refractivity contribution in [1.82, 2.24) is 19.8 Å². The van der Waals surface area contributed by atoms with Crippen LogP contribution < -0.4 is 5.32 Å². The highest BCUT2D eigenvalue weighted by Gasteiger charge is 2.28. The second-order valence-corrected chi connectivity index (χ2v) is 11.7. The number of hydrogen-bond donors (Lipinski definition) is 1. The van der Waals surface area contributed by atoms with E-state index in [1.807, 2.05) is 18.3 Å². The van der Waals surface area contributed by atoms with Gasteiger partial charge in [0.25, 0.3) is 0 Å². The summed E-state index contributed by atoms with van der Waals surface area (Å²) in [4.78, 5) is 14.7. The molecule has 1 atom stereocenters. The van der Waals surface area contributed by atoms with Crippen LogP contribution >= 0.6 is 23.2 Å². The first-order valence-electron chi connectivity index (χ1n) is 14.3. The molecule has 1 saturated heterocycles. The lowest BCUT2D eigenvalue weighted by Crippen LogP contribution is -2.47. The van der Waals surface area contributed by atoms with Gasteiger partial charge >= 0.3 is 0 Å². The molecule has 0 radical (unpaired) electrons. The van der Waals surface area contributed by atoms with Gasteiger partial charge in [0.2, 0.25) is 5.95 Å². The number of ether oxygens (including phenoxy) is 1. The minimum Gasteiger partial charge on any atom is -0.383 e. The van der Waals surface area contributed by atoms with E-state index in [-0.39, 0.29) is 5.92 Å². The summed E-state index contributed by atoms with van der Waals surface area (Å²) in [5.41, 5.74) is 7.94. The summed E-state index contributed by atoms with van der Waals surface area (Å²) in [5.74, 6) is 0.775. The molecular weight excluding hydrogens is 553 g/mol. The normalized spacial score (nSPS) is 17.2. The van der Waals surface area contributed by atoms with Crippen LogP contribution in [0.4, 0.5) is 11.6 Å². The van der Waals surface area contributed by atoms with Gasteiger partial charge in [-0.15, -0.1) is 0 Å². The molecule has 6 rings (SSSR count). The molecule has 0 spiro atoms. The summed E-state index contributed by atoms with van der Waals surface area (Å²) in [7, 11) is 1.77. The van der Waals surface area contributed by atoms with Gasteiger partial charge in [0.15, 0.2) is 0 Å². The van der Waals surface area contributed by atoms with Gasteiger partial charge < -0.3 is 15.0 Å². The van der Waals surface area contributed by atoms with Gasteiger partial charge in [-0.05, 0) is 59.4 Å². The molecule has 0 bridgehead atoms. The summed E-state index contributed by atoms with van der Waals surface area (Å²) < 4.78 is 5.22. The zero-order valence-corrected chi connectivity index (χ0v) is 24.8. The first kappa shape index (κ1) is 28.1. The highest BCUT2D eigenvalue weighted by atomic mass is 35.5. The lowest BCUT2D eigenvalue weighted by molar-refractivity contribution is 0.0976. The van der Waals surface area contributed by atoms with Crippen molar-refractivity contribution in [2.24, 2.45) is 0 Å². The molecule has 4 aromatic rings. The highest BCUT2D eigenvalue weighted by Crippen LogP contribution is 2.43. The molecule has 212 valence electrons. The zero-order chi connectivity index (χ0) is 28.2. The van der Waals surface area contributed by atoms with Crippen molar-refractivity contribution in [2.45, 2.75) is 18.8 Å². The molecule has 1 unspecified atom stereocenters. The van der Waals surface area contributed by atoms with E-state index < -0.39 is 0 Å². The van der Waals surface area contributed by atoms with Crippen molar-refractivity contribution in [1.29, 1.82) is 0 Å². The number of aromatic nitrogens is 2. The van der Waals surface area contributed by atoms with Crippen LogP contribution in [0, 0.1) is 0 Å². The summed E-state index contributed by atoms with van der Waals surface area (Å²) in [5, 5.41) is 4.60. The average Bonchev–Trinajstić information content (AvgIpc) is 3.01. The first-order valence-corrected chi connectivity index (χ1v) is 15.0. The predicted molar refractivity (Wildman–Crippen MR) is 168 cm³/mol. The SMILES string of the molecule is COCCN1CCN(CCc2cccc(Nc3ncc4c(n3)-c3ccccc3C(c3ccc(Cl)c(Cl)c3)C4)c2)CC1. The molecule has 1 aromatic heterocycles. The number of fused-ring (bicyclic) bond motifs is 3. The van der Waals surface area contributed by atoms with Gasteiger partial charge in [-0.1, -0.05) is 65.7 Å². The van der Waals surface area contributed by atoms with Gasteiger partial charge in [0, 0.05) is 69.7 Å². The standard InChI is InChI=1S/C33H35Cl2N5O/c1-41-18-17-40-15-13-39(14-16-40)12-11-23-5-4-6-26(19-23)37-33-36-22-25-20-29(24-9-10-30(34)31(35)21-24)27-7-2-3-8-28(27)32(25)38-33/h2-10,19,21-22,29H,11-18,20H2,1H3,(H,36,37,38). The Morgan fingerprint density at radius 1 is 0.902 bits per heavy atom. The molecular formula is C33H35Cl2N5O. The maximum absolute atomic E-state index is 6.38. The van der Waals surface area contributed by atoms with Crippen LogP contribution in [0.2, 0.25) is 10.0 Å². The molecule has 2 heterocycles. The van der Waals surface area contributed by atoms with Crippen molar-refractivity contribution in [2.75, 3.05) is 58.3 Å². The Hall–Kier alpha value is -3.00. The van der Waals surface area contributed by atoms with Crippen LogP contribution in [0.15, 0.2) is 72.9 Å². The molecule has 0 amide bonds. The number of piperazine rings is 1. The minimum absolute atomic E-state index is 0.167. The quantitative estimate of drug-likeness (QED) is 0.235. The van der Waals surface area contributed by atoms with E-state index >= 15 is 0 Å². The lowest BCUT2D eigenvalue weighted by Gasteiger charge is -2.34. The molecule has 2 aliphatic rings. The number of benzene rings is 3. The fourth-order valence-electron chi connectivity index (χ4n) is 5.90. The smallest absolute Gasteiger partial charge is 0.227 e. The Bertz CT molecular complexity index is 1500. The van der Waals surface area contributed by atoms with E-state index in [1.165, 1.54) is 11.1 Å². The van der Waals surface area contributed by atoms with Crippen LogP contribution in [0.25, 0.3) is 11.3 Å². The third-order valence-electron chi connectivity index (χ3n) is 8.20. The third kappa shape index (κ3) is 6.58. The third-order valence-corrected chi connectivity index (χ3v) is 8.94. The summed E-state index contributed by atoms with van der Waals surface area (Å²) >= 11 is 12.6. The number of anilines is 2. The van der Waals surface area contributed by atoms with Gasteiger partial charge in [0.05, 0.1) is 22.3 Å². The van der Waals surface area contributed by atoms with Crippen molar-refractivity contribution in [3.05, 3.63) is 105 Å². The van der Waals surface area contributed by atoms with Crippen LogP contribution in [0.5, 0.6) is 0 Å². The van der Waals surface area contributed by atoms with Crippen molar-refractivity contribution >= 4 is 34.8 Å². The Balaban J connectivity index is 1.14. The van der Waals surface area contributed by atoms with Gasteiger partial charge in [0.1, 0.15) is 0 Å². The van der Waals surface area contributed by atoms with E-state index in [1.54, 1.807) is 7.11 Å². The monoisotopic (exact) mass is 587 g/mol. The van der Waals surface area contributed by atoms with Crippen molar-refractivity contribution in [3.8, 4) is 11.3 Å². The predicted octanol–water partition coefficient (Wildman–Crippen LogP) is 6.69. The fraction of sp³-hybridized carbons (Fsp3) is 0.333. The highest BCUT2D eigenvalue weighted by molar-refractivity contribution is 6.42. The number of nitrogens with zero attached hydrogens (tertiary/aromatic N) is 4. The van der Waals surface area contributed by atoms with E-state index in [0.717, 1.165) is 86.8 Å². The fourth-order valence-corrected chi connectivity index (χ4v) is 6.21. The summed E-state index contributed by atoms with van der Waals surface area (Å²) in [6.07, 6.45) is 3.78. The summed E-state index contributed by atoms with van der Waals surface area (Å²) in [6.45, 7) is 7.32. The van der Waals surface area contributed by atoms with Crippen molar-refractivity contribution < 1.29 is 4.74 Å². The maximum atomic E-state index is 6.38. The zero-order valence-electron chi connectivity index (χ0n) is 23.3. The molecule has 6 nitrogen and oxygen atoms in total. The molecule has 8 heteroatoms.